The fraction of sp³-hybridized carbons (Fsp3) is 0.583. The summed E-state index contributed by atoms with van der Waals surface area (Å²) < 4.78 is 32.4. The Labute approximate surface area is 121 Å². The average molecular weight is 317 g/mol. The van der Waals surface area contributed by atoms with Crippen molar-refractivity contribution < 1.29 is 23.1 Å². The van der Waals surface area contributed by atoms with Gasteiger partial charge >= 0.3 is 5.97 Å². The molecule has 0 unspecified atom stereocenters. The number of morpholine rings is 1. The van der Waals surface area contributed by atoms with Crippen LogP contribution in [0.2, 0.25) is 0 Å². The van der Waals surface area contributed by atoms with Crippen LogP contribution in [0.15, 0.2) is 16.3 Å². The minimum absolute atomic E-state index is 0.0175. The van der Waals surface area contributed by atoms with E-state index in [1.807, 2.05) is 0 Å². The van der Waals surface area contributed by atoms with E-state index in [9.17, 15) is 13.2 Å². The summed E-state index contributed by atoms with van der Waals surface area (Å²) in [5.74, 6) is -1.10. The van der Waals surface area contributed by atoms with E-state index in [1.165, 1.54) is 15.8 Å². The van der Waals surface area contributed by atoms with Gasteiger partial charge in [-0.2, -0.15) is 4.31 Å². The first-order chi connectivity index (χ1) is 9.50. The predicted molar refractivity (Wildman–Crippen MR) is 72.5 cm³/mol. The first-order valence-electron chi connectivity index (χ1n) is 6.45. The molecule has 0 bridgehead atoms. The molecule has 8 heteroatoms. The Morgan fingerprint density at radius 3 is 2.95 bits per heavy atom. The Morgan fingerprint density at radius 2 is 2.25 bits per heavy atom. The van der Waals surface area contributed by atoms with Gasteiger partial charge in [-0.1, -0.05) is 0 Å². The third kappa shape index (κ3) is 2.26. The Bertz CT molecular complexity index is 624. The molecular weight excluding hydrogens is 302 g/mol. The molecule has 1 saturated carbocycles. The van der Waals surface area contributed by atoms with E-state index in [-0.39, 0.29) is 21.9 Å². The smallest absolute Gasteiger partial charge is 0.345 e. The highest BCUT2D eigenvalue weighted by Gasteiger charge is 2.42. The third-order valence-corrected chi connectivity index (χ3v) is 6.79. The minimum atomic E-state index is -3.63. The summed E-state index contributed by atoms with van der Waals surface area (Å²) in [4.78, 5) is 11.0. The number of carbonyl (C=O) groups is 1. The third-order valence-electron chi connectivity index (χ3n) is 3.82. The van der Waals surface area contributed by atoms with E-state index in [4.69, 9.17) is 9.84 Å². The van der Waals surface area contributed by atoms with Gasteiger partial charge in [-0.3, -0.25) is 0 Å². The molecule has 1 aromatic heterocycles. The van der Waals surface area contributed by atoms with Gasteiger partial charge in [0.25, 0.3) is 0 Å². The van der Waals surface area contributed by atoms with Crippen molar-refractivity contribution in [1.82, 2.24) is 4.31 Å². The molecule has 20 heavy (non-hydrogen) atoms. The van der Waals surface area contributed by atoms with Crippen LogP contribution in [0, 0.1) is 0 Å². The number of thiophene rings is 1. The molecule has 0 radical (unpaired) electrons. The van der Waals surface area contributed by atoms with Crippen LogP contribution in [0.3, 0.4) is 0 Å². The maximum atomic E-state index is 12.6. The summed E-state index contributed by atoms with van der Waals surface area (Å²) >= 11 is 0.937. The molecule has 1 aliphatic carbocycles. The molecule has 2 aliphatic rings. The molecule has 1 saturated heterocycles. The second-order valence-corrected chi connectivity index (χ2v) is 7.78. The van der Waals surface area contributed by atoms with Crippen molar-refractivity contribution in [2.24, 2.45) is 0 Å². The summed E-state index contributed by atoms with van der Waals surface area (Å²) in [6, 6.07) is 1.13. The number of fused-ring (bicyclic) bond motifs is 1. The lowest BCUT2D eigenvalue weighted by molar-refractivity contribution is -0.0241. The zero-order valence-electron chi connectivity index (χ0n) is 10.7. The van der Waals surface area contributed by atoms with Crippen molar-refractivity contribution in [3.8, 4) is 0 Å². The van der Waals surface area contributed by atoms with Crippen LogP contribution < -0.4 is 0 Å². The molecule has 2 heterocycles. The van der Waals surface area contributed by atoms with Crippen LogP contribution in [0.5, 0.6) is 0 Å². The number of hydrogen-bond acceptors (Lipinski definition) is 5. The maximum Gasteiger partial charge on any atom is 0.345 e. The monoisotopic (exact) mass is 317 g/mol. The molecule has 3 rings (SSSR count). The number of aromatic carboxylic acids is 1. The highest BCUT2D eigenvalue weighted by atomic mass is 32.2. The van der Waals surface area contributed by atoms with Crippen molar-refractivity contribution in [2.75, 3.05) is 13.2 Å². The predicted octanol–water partition coefficient (Wildman–Crippen LogP) is 1.39. The molecule has 2 atom stereocenters. The second-order valence-electron chi connectivity index (χ2n) is 4.98. The van der Waals surface area contributed by atoms with Gasteiger partial charge in [0, 0.05) is 11.9 Å². The van der Waals surface area contributed by atoms with Crippen molar-refractivity contribution >= 4 is 27.3 Å². The van der Waals surface area contributed by atoms with E-state index < -0.39 is 16.0 Å². The van der Waals surface area contributed by atoms with Gasteiger partial charge < -0.3 is 9.84 Å². The number of carboxylic acids is 1. The van der Waals surface area contributed by atoms with E-state index in [2.05, 4.69) is 0 Å². The Hall–Kier alpha value is -0.960. The van der Waals surface area contributed by atoms with Crippen LogP contribution in [0.25, 0.3) is 0 Å². The van der Waals surface area contributed by atoms with Gasteiger partial charge in [-0.15, -0.1) is 11.3 Å². The number of sulfonamides is 1. The van der Waals surface area contributed by atoms with Gasteiger partial charge in [0.05, 0.1) is 23.6 Å². The summed E-state index contributed by atoms with van der Waals surface area (Å²) in [5, 5.41) is 10.3. The lowest BCUT2D eigenvalue weighted by atomic mass is 10.2. The first-order valence-corrected chi connectivity index (χ1v) is 8.77. The van der Waals surface area contributed by atoms with Gasteiger partial charge in [0.1, 0.15) is 4.88 Å². The molecule has 2 fully saturated rings. The molecule has 1 N–H and O–H groups in total. The highest BCUT2D eigenvalue weighted by molar-refractivity contribution is 7.89. The zero-order valence-corrected chi connectivity index (χ0v) is 12.3. The summed E-state index contributed by atoms with van der Waals surface area (Å²) in [7, 11) is -3.63. The van der Waals surface area contributed by atoms with E-state index in [0.717, 1.165) is 30.6 Å². The molecule has 0 amide bonds. The summed E-state index contributed by atoms with van der Waals surface area (Å²) in [6.07, 6.45) is 2.64. The van der Waals surface area contributed by atoms with Crippen molar-refractivity contribution in [1.29, 1.82) is 0 Å². The largest absolute Gasteiger partial charge is 0.477 e. The quantitative estimate of drug-likeness (QED) is 0.910. The van der Waals surface area contributed by atoms with E-state index in [0.29, 0.717) is 13.2 Å². The molecular formula is C12H15NO5S2. The Kier molecular flexibility index (Phi) is 3.57. The standard InChI is InChI=1S/C12H15NO5S2/c14-12(15)11-6-8(7-19-11)20(16,17)13-4-5-18-10-3-1-2-9(10)13/h6-7,9-10H,1-5H2,(H,14,15)/t9-,10+/m0/s1. The first kappa shape index (κ1) is 14.0. The Balaban J connectivity index is 1.92. The SMILES string of the molecule is O=C(O)c1cc(S(=O)(=O)N2CCO[C@@H]3CCC[C@@H]32)cs1. The number of nitrogens with zero attached hydrogens (tertiary/aromatic N) is 1. The van der Waals surface area contributed by atoms with Crippen molar-refractivity contribution in [2.45, 2.75) is 36.3 Å². The van der Waals surface area contributed by atoms with Crippen molar-refractivity contribution in [3.05, 3.63) is 16.3 Å². The van der Waals surface area contributed by atoms with E-state index >= 15 is 0 Å². The van der Waals surface area contributed by atoms with Gasteiger partial charge in [-0.05, 0) is 25.3 Å². The highest BCUT2D eigenvalue weighted by Crippen LogP contribution is 2.34. The lowest BCUT2D eigenvalue weighted by Crippen LogP contribution is -2.51. The average Bonchev–Trinajstić information content (AvgIpc) is 3.07. The van der Waals surface area contributed by atoms with Gasteiger partial charge in [-0.25, -0.2) is 13.2 Å². The van der Waals surface area contributed by atoms with Gasteiger partial charge in [0.2, 0.25) is 10.0 Å². The van der Waals surface area contributed by atoms with Crippen molar-refractivity contribution in [3.63, 3.8) is 0 Å². The summed E-state index contributed by atoms with van der Waals surface area (Å²) in [5.41, 5.74) is 0. The van der Waals surface area contributed by atoms with Crippen LogP contribution in [0.4, 0.5) is 0 Å². The van der Waals surface area contributed by atoms with Crippen LogP contribution in [0.1, 0.15) is 28.9 Å². The van der Waals surface area contributed by atoms with Crippen LogP contribution >= 0.6 is 11.3 Å². The molecule has 6 nitrogen and oxygen atoms in total. The van der Waals surface area contributed by atoms with Crippen LogP contribution in [-0.4, -0.2) is 49.1 Å². The molecule has 1 aromatic rings. The number of hydrogen-bond donors (Lipinski definition) is 1. The minimum Gasteiger partial charge on any atom is -0.477 e. The number of carboxylic acid groups (broad SMARTS) is 1. The lowest BCUT2D eigenvalue weighted by Gasteiger charge is -2.36. The van der Waals surface area contributed by atoms with E-state index in [1.54, 1.807) is 0 Å². The van der Waals surface area contributed by atoms with Gasteiger partial charge in [0.15, 0.2) is 0 Å². The molecule has 0 spiro atoms. The second kappa shape index (κ2) is 5.10. The molecule has 1 aliphatic heterocycles. The fourth-order valence-corrected chi connectivity index (χ4v) is 5.65. The zero-order chi connectivity index (χ0) is 14.3. The normalized spacial score (nSPS) is 27.4. The maximum absolute atomic E-state index is 12.6. The number of rotatable bonds is 3. The van der Waals surface area contributed by atoms with Crippen LogP contribution in [-0.2, 0) is 14.8 Å². The molecule has 110 valence electrons. The Morgan fingerprint density at radius 1 is 1.45 bits per heavy atom. The number of ether oxygens (including phenoxy) is 1. The molecule has 0 aromatic carbocycles. The topological polar surface area (TPSA) is 83.9 Å². The summed E-state index contributed by atoms with van der Waals surface area (Å²) in [6.45, 7) is 0.734. The fourth-order valence-electron chi connectivity index (χ4n) is 2.89.